The molecule has 0 amide bonds. The molecular formula is C7H13NS. The lowest BCUT2D eigenvalue weighted by Crippen LogP contribution is -2.53. The number of hydrogen-bond donors (Lipinski definition) is 2. The molecule has 9 heavy (non-hydrogen) atoms. The summed E-state index contributed by atoms with van der Waals surface area (Å²) < 4.78 is 0. The Morgan fingerprint density at radius 3 is 2.11 bits per heavy atom. The molecule has 0 aliphatic heterocycles. The first kappa shape index (κ1) is 6.05. The van der Waals surface area contributed by atoms with E-state index < -0.39 is 0 Å². The Hall–Kier alpha value is 0.310. The van der Waals surface area contributed by atoms with Crippen LogP contribution in [0.4, 0.5) is 0 Å². The highest BCUT2D eigenvalue weighted by Gasteiger charge is 2.50. The van der Waals surface area contributed by atoms with Gasteiger partial charge in [-0.1, -0.05) is 0 Å². The van der Waals surface area contributed by atoms with Gasteiger partial charge >= 0.3 is 0 Å². The maximum atomic E-state index is 5.68. The fourth-order valence-corrected chi connectivity index (χ4v) is 3.10. The van der Waals surface area contributed by atoms with E-state index in [0.717, 1.165) is 0 Å². The van der Waals surface area contributed by atoms with Crippen molar-refractivity contribution in [3.8, 4) is 0 Å². The van der Waals surface area contributed by atoms with E-state index in [1.54, 1.807) is 0 Å². The molecule has 2 aliphatic carbocycles. The summed E-state index contributed by atoms with van der Waals surface area (Å²) in [6.45, 7) is 0. The minimum atomic E-state index is 0.519. The predicted octanol–water partition coefficient (Wildman–Crippen LogP) is 1.19. The van der Waals surface area contributed by atoms with Gasteiger partial charge in [-0.3, -0.25) is 0 Å². The van der Waals surface area contributed by atoms with Crippen molar-refractivity contribution in [2.24, 2.45) is 11.1 Å². The van der Waals surface area contributed by atoms with Gasteiger partial charge < -0.3 is 5.73 Å². The van der Waals surface area contributed by atoms with Crippen molar-refractivity contribution in [3.05, 3.63) is 0 Å². The minimum absolute atomic E-state index is 0.519. The van der Waals surface area contributed by atoms with Crippen LogP contribution in [0.2, 0.25) is 0 Å². The second-order valence-electron chi connectivity index (χ2n) is 3.73. The molecular weight excluding hydrogens is 130 g/mol. The zero-order valence-corrected chi connectivity index (χ0v) is 6.40. The van der Waals surface area contributed by atoms with E-state index in [0.29, 0.717) is 16.7 Å². The van der Waals surface area contributed by atoms with Crippen molar-refractivity contribution in [2.45, 2.75) is 37.0 Å². The molecule has 0 aromatic heterocycles. The van der Waals surface area contributed by atoms with E-state index in [9.17, 15) is 0 Å². The molecule has 52 valence electrons. The van der Waals surface area contributed by atoms with Crippen molar-refractivity contribution >= 4 is 12.6 Å². The summed E-state index contributed by atoms with van der Waals surface area (Å²) in [4.78, 5) is 0. The lowest BCUT2D eigenvalue weighted by Gasteiger charge is -2.55. The molecule has 2 N–H and O–H groups in total. The van der Waals surface area contributed by atoms with Crippen LogP contribution in [0.25, 0.3) is 0 Å². The summed E-state index contributed by atoms with van der Waals surface area (Å²) in [5, 5.41) is 0.692. The summed E-state index contributed by atoms with van der Waals surface area (Å²) in [6, 6.07) is 0.519. The Morgan fingerprint density at radius 1 is 1.22 bits per heavy atom. The van der Waals surface area contributed by atoms with Gasteiger partial charge in [0.15, 0.2) is 0 Å². The first-order valence-corrected chi connectivity index (χ1v) is 4.16. The smallest absolute Gasteiger partial charge is 0.00494 e. The molecule has 2 aliphatic rings. The normalized spacial score (nSPS) is 56.7. The summed E-state index contributed by atoms with van der Waals surface area (Å²) in [5.41, 5.74) is 6.37. The van der Waals surface area contributed by atoms with Crippen LogP contribution in [0.1, 0.15) is 25.7 Å². The summed E-state index contributed by atoms with van der Waals surface area (Å²) in [7, 11) is 0. The second kappa shape index (κ2) is 1.67. The van der Waals surface area contributed by atoms with Crippen molar-refractivity contribution < 1.29 is 0 Å². The third-order valence-corrected chi connectivity index (χ3v) is 3.09. The highest BCUT2D eigenvalue weighted by Crippen LogP contribution is 2.56. The van der Waals surface area contributed by atoms with Gasteiger partial charge in [-0.05, 0) is 31.1 Å². The molecule has 1 nitrogen and oxygen atoms in total. The number of hydrogen-bond acceptors (Lipinski definition) is 2. The molecule has 0 radical (unpaired) electrons. The topological polar surface area (TPSA) is 26.0 Å². The van der Waals surface area contributed by atoms with Gasteiger partial charge in [0, 0.05) is 11.3 Å². The zero-order valence-electron chi connectivity index (χ0n) is 5.51. The highest BCUT2D eigenvalue weighted by atomic mass is 32.1. The summed E-state index contributed by atoms with van der Waals surface area (Å²) in [5.74, 6) is 0. The molecule has 0 unspecified atom stereocenters. The standard InChI is InChI=1S/C7H13NS/c8-5-1-7(2-5)3-6(9)4-7/h5-6,9H,1-4,8H2. The molecule has 0 atom stereocenters. The monoisotopic (exact) mass is 143 g/mol. The molecule has 0 bridgehead atoms. The SMILES string of the molecule is NC1CC2(C1)CC(S)C2. The molecule has 2 saturated carbocycles. The van der Waals surface area contributed by atoms with Crippen LogP contribution < -0.4 is 5.73 Å². The van der Waals surface area contributed by atoms with Crippen LogP contribution in [0.15, 0.2) is 0 Å². The molecule has 0 heterocycles. The van der Waals surface area contributed by atoms with Crippen LogP contribution in [0.3, 0.4) is 0 Å². The molecule has 0 aromatic carbocycles. The number of thiol groups is 1. The summed E-state index contributed by atoms with van der Waals surface area (Å²) in [6.07, 6.45) is 5.18. The number of rotatable bonds is 0. The van der Waals surface area contributed by atoms with Gasteiger partial charge in [0.05, 0.1) is 0 Å². The molecule has 2 rings (SSSR count). The summed E-state index contributed by atoms with van der Waals surface area (Å²) >= 11 is 4.37. The van der Waals surface area contributed by atoms with Crippen LogP contribution in [0, 0.1) is 5.41 Å². The van der Waals surface area contributed by atoms with E-state index in [4.69, 9.17) is 5.73 Å². The molecule has 2 fully saturated rings. The second-order valence-corrected chi connectivity index (χ2v) is 4.46. The fourth-order valence-electron chi connectivity index (χ4n) is 2.33. The van der Waals surface area contributed by atoms with Crippen molar-refractivity contribution in [1.82, 2.24) is 0 Å². The maximum Gasteiger partial charge on any atom is 0.00494 e. The van der Waals surface area contributed by atoms with Gasteiger partial charge in [-0.2, -0.15) is 12.6 Å². The van der Waals surface area contributed by atoms with Gasteiger partial charge in [-0.25, -0.2) is 0 Å². The Kier molecular flexibility index (Phi) is 1.12. The Morgan fingerprint density at radius 2 is 1.78 bits per heavy atom. The Bertz CT molecular complexity index is 103. The third-order valence-electron chi connectivity index (χ3n) is 2.73. The highest BCUT2D eigenvalue weighted by molar-refractivity contribution is 7.81. The number of nitrogens with two attached hydrogens (primary N) is 1. The molecule has 2 heteroatoms. The third kappa shape index (κ3) is 0.802. The van der Waals surface area contributed by atoms with E-state index in [2.05, 4.69) is 12.6 Å². The van der Waals surface area contributed by atoms with E-state index >= 15 is 0 Å². The maximum absolute atomic E-state index is 5.68. The van der Waals surface area contributed by atoms with Crippen LogP contribution in [-0.4, -0.2) is 11.3 Å². The van der Waals surface area contributed by atoms with E-state index in [-0.39, 0.29) is 0 Å². The van der Waals surface area contributed by atoms with E-state index in [1.165, 1.54) is 25.7 Å². The molecule has 0 aromatic rings. The first-order chi connectivity index (χ1) is 4.20. The van der Waals surface area contributed by atoms with Crippen molar-refractivity contribution in [1.29, 1.82) is 0 Å². The molecule has 0 saturated heterocycles. The lowest BCUT2D eigenvalue weighted by atomic mass is 9.54. The minimum Gasteiger partial charge on any atom is -0.328 e. The van der Waals surface area contributed by atoms with Crippen LogP contribution in [-0.2, 0) is 0 Å². The van der Waals surface area contributed by atoms with E-state index in [1.807, 2.05) is 0 Å². The van der Waals surface area contributed by atoms with Gasteiger partial charge in [0.2, 0.25) is 0 Å². The Balaban J connectivity index is 1.87. The first-order valence-electron chi connectivity index (χ1n) is 3.64. The van der Waals surface area contributed by atoms with Crippen LogP contribution in [0.5, 0.6) is 0 Å². The average molecular weight is 143 g/mol. The predicted molar refractivity (Wildman–Crippen MR) is 41.7 cm³/mol. The van der Waals surface area contributed by atoms with Gasteiger partial charge in [0.1, 0.15) is 0 Å². The quantitative estimate of drug-likeness (QED) is 0.489. The largest absolute Gasteiger partial charge is 0.328 e. The van der Waals surface area contributed by atoms with Gasteiger partial charge in [-0.15, -0.1) is 0 Å². The zero-order chi connectivity index (χ0) is 6.48. The Labute approximate surface area is 61.4 Å². The van der Waals surface area contributed by atoms with Crippen LogP contribution >= 0.6 is 12.6 Å². The molecule has 1 spiro atoms. The van der Waals surface area contributed by atoms with Crippen molar-refractivity contribution in [3.63, 3.8) is 0 Å². The fraction of sp³-hybridized carbons (Fsp3) is 1.00. The van der Waals surface area contributed by atoms with Crippen molar-refractivity contribution in [2.75, 3.05) is 0 Å². The van der Waals surface area contributed by atoms with Gasteiger partial charge in [0.25, 0.3) is 0 Å². The average Bonchev–Trinajstić information content (AvgIpc) is 1.58. The lowest BCUT2D eigenvalue weighted by molar-refractivity contribution is 0.0189.